The highest BCUT2D eigenvalue weighted by Gasteiger charge is 2.31. The lowest BCUT2D eigenvalue weighted by molar-refractivity contribution is -0.130. The van der Waals surface area contributed by atoms with Crippen molar-refractivity contribution in [2.75, 3.05) is 57.3 Å². The summed E-state index contributed by atoms with van der Waals surface area (Å²) in [7, 11) is 5.35. The predicted molar refractivity (Wildman–Crippen MR) is 147 cm³/mol. The lowest BCUT2D eigenvalue weighted by Crippen LogP contribution is -2.46. The number of rotatable bonds is 6. The standard InChI is InChI=1S/C28H36N6O4/c1-18-17-38-14-13-34(18)26-21-9-10-22(19-8-11-24(37-4)20(15-19)16-35)29-25(21)30-28(31-26)33(3)23-7-5-6-12-32(2)27(23)36/h8-11,15,18,23,35H,5-7,12-14,16-17H2,1-4H3/t18-,23?/m0/s1. The lowest BCUT2D eigenvalue weighted by Gasteiger charge is -2.35. The monoisotopic (exact) mass is 520 g/mol. The van der Waals surface area contributed by atoms with Gasteiger partial charge in [0.25, 0.3) is 0 Å². The molecule has 0 aliphatic carbocycles. The smallest absolute Gasteiger partial charge is 0.245 e. The zero-order valence-electron chi connectivity index (χ0n) is 22.6. The van der Waals surface area contributed by atoms with E-state index >= 15 is 0 Å². The number of carbonyl (C=O) groups is 1. The number of methoxy groups -OCH3 is 1. The number of hydrogen-bond donors (Lipinski definition) is 1. The molecule has 2 saturated heterocycles. The van der Waals surface area contributed by atoms with E-state index < -0.39 is 0 Å². The molecule has 1 N–H and O–H groups in total. The average molecular weight is 521 g/mol. The fourth-order valence-corrected chi connectivity index (χ4v) is 5.30. The Labute approximate surface area is 223 Å². The van der Waals surface area contributed by atoms with Crippen molar-refractivity contribution in [1.82, 2.24) is 19.9 Å². The van der Waals surface area contributed by atoms with Crippen molar-refractivity contribution in [3.63, 3.8) is 0 Å². The van der Waals surface area contributed by atoms with E-state index in [1.807, 2.05) is 49.3 Å². The summed E-state index contributed by atoms with van der Waals surface area (Å²) < 4.78 is 11.0. The summed E-state index contributed by atoms with van der Waals surface area (Å²) in [5.41, 5.74) is 2.83. The molecule has 1 aromatic carbocycles. The van der Waals surface area contributed by atoms with Crippen molar-refractivity contribution >= 4 is 28.7 Å². The number of ether oxygens (including phenoxy) is 2. The number of benzene rings is 1. The van der Waals surface area contributed by atoms with Gasteiger partial charge in [0.2, 0.25) is 11.9 Å². The summed E-state index contributed by atoms with van der Waals surface area (Å²) >= 11 is 0. The molecule has 10 heteroatoms. The maximum absolute atomic E-state index is 13.2. The van der Waals surface area contributed by atoms with Gasteiger partial charge in [0.15, 0.2) is 5.65 Å². The molecular weight excluding hydrogens is 484 g/mol. The third-order valence-corrected chi connectivity index (χ3v) is 7.58. The maximum Gasteiger partial charge on any atom is 0.245 e. The van der Waals surface area contributed by atoms with E-state index in [0.717, 1.165) is 48.3 Å². The first kappa shape index (κ1) is 26.1. The zero-order valence-corrected chi connectivity index (χ0v) is 22.6. The molecule has 1 unspecified atom stereocenters. The normalized spacial score (nSPS) is 20.5. The minimum Gasteiger partial charge on any atom is -0.496 e. The summed E-state index contributed by atoms with van der Waals surface area (Å²) in [5, 5.41) is 10.7. The highest BCUT2D eigenvalue weighted by Crippen LogP contribution is 2.32. The topological polar surface area (TPSA) is 104 Å². The van der Waals surface area contributed by atoms with Crippen LogP contribution in [0, 0.1) is 0 Å². The summed E-state index contributed by atoms with van der Waals surface area (Å²) in [6.07, 6.45) is 2.72. The van der Waals surface area contributed by atoms with E-state index in [1.165, 1.54) is 0 Å². The number of hydrogen-bond acceptors (Lipinski definition) is 9. The number of nitrogens with zero attached hydrogens (tertiary/aromatic N) is 6. The van der Waals surface area contributed by atoms with Crippen LogP contribution >= 0.6 is 0 Å². The quantitative estimate of drug-likeness (QED) is 0.525. The number of likely N-dealkylation sites (N-methyl/N-ethyl adjacent to an activating group) is 2. The fraction of sp³-hybridized carbons (Fsp3) is 0.500. The molecule has 38 heavy (non-hydrogen) atoms. The fourth-order valence-electron chi connectivity index (χ4n) is 5.30. The largest absolute Gasteiger partial charge is 0.496 e. The summed E-state index contributed by atoms with van der Waals surface area (Å²) in [6, 6.07) is 9.41. The number of pyridine rings is 1. The molecule has 0 bridgehead atoms. The van der Waals surface area contributed by atoms with E-state index in [4.69, 9.17) is 24.4 Å². The highest BCUT2D eigenvalue weighted by molar-refractivity contribution is 5.91. The van der Waals surface area contributed by atoms with Gasteiger partial charge in [-0.2, -0.15) is 9.97 Å². The second kappa shape index (κ2) is 11.1. The second-order valence-electron chi connectivity index (χ2n) is 10.1. The molecule has 2 atom stereocenters. The molecular formula is C28H36N6O4. The van der Waals surface area contributed by atoms with Crippen molar-refractivity contribution in [3.05, 3.63) is 35.9 Å². The number of aliphatic hydroxyl groups excluding tert-OH is 1. The Morgan fingerprint density at radius 2 is 2.00 bits per heavy atom. The first-order valence-electron chi connectivity index (χ1n) is 13.2. The Kier molecular flexibility index (Phi) is 7.62. The molecule has 4 heterocycles. The van der Waals surface area contributed by atoms with Crippen LogP contribution in [0.2, 0.25) is 0 Å². The van der Waals surface area contributed by atoms with Crippen molar-refractivity contribution in [1.29, 1.82) is 0 Å². The lowest BCUT2D eigenvalue weighted by atomic mass is 10.1. The van der Waals surface area contributed by atoms with Gasteiger partial charge in [0, 0.05) is 38.3 Å². The first-order valence-corrected chi connectivity index (χ1v) is 13.2. The average Bonchev–Trinajstić information content (AvgIpc) is 3.11. The maximum atomic E-state index is 13.2. The number of aromatic nitrogens is 3. The molecule has 5 rings (SSSR count). The number of likely N-dealkylation sites (tertiary alicyclic amines) is 1. The molecule has 2 fully saturated rings. The number of amides is 1. The third kappa shape index (κ3) is 4.98. The predicted octanol–water partition coefficient (Wildman–Crippen LogP) is 2.86. The minimum atomic E-state index is -0.327. The van der Waals surface area contributed by atoms with Crippen molar-refractivity contribution < 1.29 is 19.4 Å². The van der Waals surface area contributed by atoms with Crippen LogP contribution in [0.25, 0.3) is 22.3 Å². The van der Waals surface area contributed by atoms with Gasteiger partial charge in [-0.1, -0.05) is 0 Å². The van der Waals surface area contributed by atoms with Crippen molar-refractivity contribution in [2.45, 2.75) is 44.9 Å². The van der Waals surface area contributed by atoms with Gasteiger partial charge in [0.05, 0.1) is 44.1 Å². The molecule has 3 aromatic rings. The van der Waals surface area contributed by atoms with E-state index in [-0.39, 0.29) is 24.6 Å². The molecule has 10 nitrogen and oxygen atoms in total. The molecule has 202 valence electrons. The Morgan fingerprint density at radius 1 is 1.16 bits per heavy atom. The number of morpholine rings is 1. The van der Waals surface area contributed by atoms with E-state index in [2.05, 4.69) is 11.8 Å². The van der Waals surface area contributed by atoms with Crippen molar-refractivity contribution in [3.8, 4) is 17.0 Å². The number of aliphatic hydroxyl groups is 1. The first-order chi connectivity index (χ1) is 18.4. The molecule has 0 radical (unpaired) electrons. The Hall–Kier alpha value is -3.50. The van der Waals surface area contributed by atoms with Crippen LogP contribution in [0.1, 0.15) is 31.7 Å². The Bertz CT molecular complexity index is 1320. The Balaban J connectivity index is 1.62. The van der Waals surface area contributed by atoms with Crippen LogP contribution in [0.5, 0.6) is 5.75 Å². The van der Waals surface area contributed by atoms with Crippen LogP contribution in [0.15, 0.2) is 30.3 Å². The van der Waals surface area contributed by atoms with Gasteiger partial charge in [-0.15, -0.1) is 0 Å². The summed E-state index contributed by atoms with van der Waals surface area (Å²) in [6.45, 7) is 4.70. The molecule has 2 aromatic heterocycles. The van der Waals surface area contributed by atoms with Gasteiger partial charge >= 0.3 is 0 Å². The van der Waals surface area contributed by atoms with E-state index in [1.54, 1.807) is 12.0 Å². The Morgan fingerprint density at radius 3 is 2.76 bits per heavy atom. The molecule has 2 aliphatic heterocycles. The van der Waals surface area contributed by atoms with Gasteiger partial charge in [-0.25, -0.2) is 4.98 Å². The number of anilines is 2. The molecule has 0 saturated carbocycles. The molecule has 0 spiro atoms. The minimum absolute atomic E-state index is 0.0893. The van der Waals surface area contributed by atoms with Crippen LogP contribution in [-0.4, -0.2) is 90.5 Å². The second-order valence-corrected chi connectivity index (χ2v) is 10.1. The van der Waals surface area contributed by atoms with Gasteiger partial charge in [0.1, 0.15) is 17.6 Å². The summed E-state index contributed by atoms with van der Waals surface area (Å²) in [4.78, 5) is 34.0. The van der Waals surface area contributed by atoms with Crippen LogP contribution in [-0.2, 0) is 16.1 Å². The number of carbonyl (C=O) groups excluding carboxylic acids is 1. The van der Waals surface area contributed by atoms with Crippen LogP contribution in [0.4, 0.5) is 11.8 Å². The highest BCUT2D eigenvalue weighted by atomic mass is 16.5. The van der Waals surface area contributed by atoms with Crippen LogP contribution in [0.3, 0.4) is 0 Å². The SMILES string of the molecule is COc1ccc(-c2ccc3c(N4CCOC[C@@H]4C)nc(N(C)C4CCCCN(C)C4=O)nc3n2)cc1CO. The molecule has 2 aliphatic rings. The van der Waals surface area contributed by atoms with Crippen molar-refractivity contribution in [2.24, 2.45) is 0 Å². The number of fused-ring (bicyclic) bond motifs is 1. The van der Waals surface area contributed by atoms with Crippen LogP contribution < -0.4 is 14.5 Å². The van der Waals surface area contributed by atoms with E-state index in [9.17, 15) is 9.90 Å². The third-order valence-electron chi connectivity index (χ3n) is 7.58. The van der Waals surface area contributed by atoms with Gasteiger partial charge in [-0.3, -0.25) is 4.79 Å². The van der Waals surface area contributed by atoms with E-state index in [0.29, 0.717) is 42.7 Å². The zero-order chi connectivity index (χ0) is 26.8. The summed E-state index contributed by atoms with van der Waals surface area (Å²) in [5.74, 6) is 2.00. The van der Waals surface area contributed by atoms with Gasteiger partial charge in [-0.05, 0) is 56.5 Å². The molecule has 1 amide bonds. The van der Waals surface area contributed by atoms with Gasteiger partial charge < -0.3 is 29.3 Å².